The predicted octanol–water partition coefficient (Wildman–Crippen LogP) is 8.13. The van der Waals surface area contributed by atoms with Gasteiger partial charge in [0.25, 0.3) is 5.91 Å². The molecule has 200 valence electrons. The van der Waals surface area contributed by atoms with Gasteiger partial charge in [0.1, 0.15) is 19.4 Å². The molecule has 1 amide bonds. The highest BCUT2D eigenvalue weighted by Crippen LogP contribution is 2.39. The molecule has 4 aromatic rings. The first-order valence-electron chi connectivity index (χ1n) is 13.4. The van der Waals surface area contributed by atoms with Gasteiger partial charge in [-0.3, -0.25) is 4.79 Å². The summed E-state index contributed by atoms with van der Waals surface area (Å²) in [5.41, 5.74) is 9.79. The van der Waals surface area contributed by atoms with Crippen LogP contribution in [0.3, 0.4) is 0 Å². The highest BCUT2D eigenvalue weighted by Gasteiger charge is 2.34. The lowest BCUT2D eigenvalue weighted by atomic mass is 9.91. The number of nitrogens with one attached hydrogen (secondary N) is 1. The monoisotopic (exact) mass is 598 g/mol. The van der Waals surface area contributed by atoms with Crippen LogP contribution in [0.5, 0.6) is 5.75 Å². The second kappa shape index (κ2) is 10.4. The molecule has 1 atom stereocenters. The van der Waals surface area contributed by atoms with Crippen LogP contribution in [0.1, 0.15) is 43.6 Å². The van der Waals surface area contributed by atoms with Crippen LogP contribution in [0, 0.1) is 11.5 Å². The molecule has 3 aromatic carbocycles. The Hall–Kier alpha value is -3.27. The van der Waals surface area contributed by atoms with E-state index in [1.165, 1.54) is 10.9 Å². The van der Waals surface area contributed by atoms with Gasteiger partial charge in [0.2, 0.25) is 0 Å². The van der Waals surface area contributed by atoms with Crippen molar-refractivity contribution in [2.45, 2.75) is 58.5 Å². The van der Waals surface area contributed by atoms with Crippen LogP contribution in [0.2, 0.25) is 19.6 Å². The van der Waals surface area contributed by atoms with E-state index in [1.54, 1.807) is 0 Å². The normalized spacial score (nSPS) is 15.5. The molecule has 0 bridgehead atoms. The van der Waals surface area contributed by atoms with Crippen molar-refractivity contribution in [2.75, 3.05) is 6.54 Å². The van der Waals surface area contributed by atoms with Gasteiger partial charge >= 0.3 is 0 Å². The Balaban J connectivity index is 1.52. The summed E-state index contributed by atoms with van der Waals surface area (Å²) in [6, 6.07) is 22.9. The summed E-state index contributed by atoms with van der Waals surface area (Å²) in [5.74, 6) is 3.74. The molecule has 1 aliphatic heterocycles. The molecule has 0 saturated heterocycles. The van der Waals surface area contributed by atoms with Crippen molar-refractivity contribution in [3.05, 3.63) is 88.0 Å². The first kappa shape index (κ1) is 27.3. The molecular weight excluding hydrogens is 564 g/mol. The zero-order valence-corrected chi connectivity index (χ0v) is 26.1. The number of aromatic amines is 1. The van der Waals surface area contributed by atoms with Crippen molar-refractivity contribution in [3.8, 4) is 28.3 Å². The summed E-state index contributed by atoms with van der Waals surface area (Å²) >= 11 is 3.63. The molecular formula is C33H35BrN2O2Si. The van der Waals surface area contributed by atoms with Crippen molar-refractivity contribution in [1.82, 2.24) is 9.88 Å². The smallest absolute Gasteiger partial charge is 0.298 e. The minimum absolute atomic E-state index is 0.105. The Morgan fingerprint density at radius 1 is 1.00 bits per heavy atom. The fourth-order valence-corrected chi connectivity index (χ4v) is 5.91. The third-order valence-electron chi connectivity index (χ3n) is 6.73. The third-order valence-corrected chi connectivity index (χ3v) is 8.10. The molecule has 2 heterocycles. The Bertz CT molecular complexity index is 1580. The number of rotatable bonds is 3. The topological polar surface area (TPSA) is 45.3 Å². The fourth-order valence-electron chi connectivity index (χ4n) is 5.07. The van der Waals surface area contributed by atoms with Crippen LogP contribution in [0.25, 0.3) is 22.0 Å². The molecule has 0 aliphatic carbocycles. The zero-order valence-electron chi connectivity index (χ0n) is 23.5. The second-order valence-electron chi connectivity index (χ2n) is 12.2. The third kappa shape index (κ3) is 6.16. The summed E-state index contributed by atoms with van der Waals surface area (Å²) in [4.78, 5) is 19.1. The van der Waals surface area contributed by atoms with Crippen molar-refractivity contribution in [3.63, 3.8) is 0 Å². The zero-order chi connectivity index (χ0) is 27.9. The molecule has 1 aliphatic rings. The molecule has 1 unspecified atom stereocenters. The lowest BCUT2D eigenvalue weighted by Crippen LogP contribution is -2.40. The summed E-state index contributed by atoms with van der Waals surface area (Å²) in [7, 11) is -1.68. The largest absolute Gasteiger partial charge is 0.488 e. The van der Waals surface area contributed by atoms with Gasteiger partial charge in [-0.2, -0.15) is 0 Å². The van der Waals surface area contributed by atoms with Crippen LogP contribution in [-0.2, 0) is 11.2 Å². The van der Waals surface area contributed by atoms with Crippen molar-refractivity contribution in [1.29, 1.82) is 0 Å². The van der Waals surface area contributed by atoms with Gasteiger partial charge in [0, 0.05) is 27.6 Å². The molecule has 1 aromatic heterocycles. The number of carbonyl (C=O) groups is 1. The van der Waals surface area contributed by atoms with E-state index in [0.717, 1.165) is 44.5 Å². The lowest BCUT2D eigenvalue weighted by Gasteiger charge is -2.35. The Labute approximate surface area is 240 Å². The molecule has 4 nitrogen and oxygen atoms in total. The molecule has 0 spiro atoms. The first-order valence-corrected chi connectivity index (χ1v) is 17.7. The number of hydrogen-bond acceptors (Lipinski definition) is 2. The molecule has 39 heavy (non-hydrogen) atoms. The average Bonchev–Trinajstić information content (AvgIpc) is 3.24. The average molecular weight is 600 g/mol. The maximum atomic E-state index is 13.5. The first-order chi connectivity index (χ1) is 18.4. The Morgan fingerprint density at radius 2 is 1.64 bits per heavy atom. The maximum absolute atomic E-state index is 13.5. The van der Waals surface area contributed by atoms with E-state index in [9.17, 15) is 4.79 Å². The predicted molar refractivity (Wildman–Crippen MR) is 167 cm³/mol. The number of fused-ring (bicyclic) bond motifs is 3. The molecule has 0 radical (unpaired) electrons. The summed E-state index contributed by atoms with van der Waals surface area (Å²) in [5, 5.41) is 1.21. The van der Waals surface area contributed by atoms with E-state index >= 15 is 0 Å². The summed E-state index contributed by atoms with van der Waals surface area (Å²) < 4.78 is 7.03. The molecule has 0 saturated carbocycles. The van der Waals surface area contributed by atoms with Crippen molar-refractivity contribution >= 4 is 40.8 Å². The molecule has 5 rings (SSSR count). The van der Waals surface area contributed by atoms with Gasteiger partial charge in [-0.25, -0.2) is 0 Å². The number of H-pyrrole nitrogens is 1. The van der Waals surface area contributed by atoms with Crippen LogP contribution >= 0.6 is 15.9 Å². The number of nitrogens with zero attached hydrogens (tertiary/aromatic N) is 1. The van der Waals surface area contributed by atoms with Gasteiger partial charge < -0.3 is 14.6 Å². The standard InChI is InChI=1S/C33H35BrN2O2Si/c1-33(2,3)38-26-14-11-23(12-15-26)22-7-9-24(10-8-22)32-31-27(28-21-25(34)13-16-29(28)35-31)17-19-36(32)30(37)18-20-39(4,5)6/h7-16,21,32,35H,17,19H2,1-6H3. The van der Waals surface area contributed by atoms with Gasteiger partial charge in [0.05, 0.1) is 6.04 Å². The van der Waals surface area contributed by atoms with Gasteiger partial charge in [-0.15, -0.1) is 5.54 Å². The van der Waals surface area contributed by atoms with E-state index in [-0.39, 0.29) is 17.6 Å². The highest BCUT2D eigenvalue weighted by atomic mass is 79.9. The van der Waals surface area contributed by atoms with Crippen LogP contribution in [0.15, 0.2) is 71.2 Å². The number of ether oxygens (including phenoxy) is 1. The van der Waals surface area contributed by atoms with Crippen molar-refractivity contribution in [2.24, 2.45) is 0 Å². The quantitative estimate of drug-likeness (QED) is 0.191. The van der Waals surface area contributed by atoms with Crippen LogP contribution < -0.4 is 4.74 Å². The van der Waals surface area contributed by atoms with E-state index < -0.39 is 8.07 Å². The minimum atomic E-state index is -1.68. The van der Waals surface area contributed by atoms with Gasteiger partial charge in [0.15, 0.2) is 0 Å². The van der Waals surface area contributed by atoms with Crippen molar-refractivity contribution < 1.29 is 9.53 Å². The van der Waals surface area contributed by atoms with E-state index in [4.69, 9.17) is 4.74 Å². The number of halogens is 1. The van der Waals surface area contributed by atoms with E-state index in [2.05, 4.69) is 101 Å². The fraction of sp³-hybridized carbons (Fsp3) is 0.303. The SMILES string of the molecule is CC(C)(C)Oc1ccc(-c2ccc(C3c4[nH]c5ccc(Br)cc5c4CCN3C(=O)C#C[Si](C)(C)C)cc2)cc1. The van der Waals surface area contributed by atoms with Gasteiger partial charge in [-0.1, -0.05) is 72.0 Å². The van der Waals surface area contributed by atoms with Crippen LogP contribution in [0.4, 0.5) is 0 Å². The lowest BCUT2D eigenvalue weighted by molar-refractivity contribution is -0.127. The maximum Gasteiger partial charge on any atom is 0.298 e. The molecule has 6 heteroatoms. The Kier molecular flexibility index (Phi) is 7.26. The van der Waals surface area contributed by atoms with Gasteiger partial charge in [-0.05, 0) is 85.7 Å². The Morgan fingerprint density at radius 3 is 2.26 bits per heavy atom. The van der Waals surface area contributed by atoms with E-state index in [0.29, 0.717) is 6.54 Å². The number of amides is 1. The minimum Gasteiger partial charge on any atom is -0.488 e. The number of carbonyl (C=O) groups excluding carboxylic acids is 1. The molecule has 0 fully saturated rings. The van der Waals surface area contributed by atoms with E-state index in [1.807, 2.05) is 43.9 Å². The number of benzene rings is 3. The highest BCUT2D eigenvalue weighted by molar-refractivity contribution is 9.10. The summed E-state index contributed by atoms with van der Waals surface area (Å²) in [6.07, 6.45) is 0.795. The second-order valence-corrected chi connectivity index (χ2v) is 17.9. The molecule has 1 N–H and O–H groups in total. The summed E-state index contributed by atoms with van der Waals surface area (Å²) in [6.45, 7) is 13.3. The number of hydrogen-bond donors (Lipinski definition) is 1. The van der Waals surface area contributed by atoms with Crippen LogP contribution in [-0.4, -0.2) is 36.0 Å². The number of aromatic nitrogens is 1.